The van der Waals surface area contributed by atoms with Crippen LogP contribution in [0.2, 0.25) is 0 Å². The van der Waals surface area contributed by atoms with Gasteiger partial charge in [-0.2, -0.15) is 0 Å². The lowest BCUT2D eigenvalue weighted by Gasteiger charge is -2.08. The smallest absolute Gasteiger partial charge is 0.270 e. The van der Waals surface area contributed by atoms with Crippen molar-refractivity contribution in [1.82, 2.24) is 4.90 Å². The van der Waals surface area contributed by atoms with Gasteiger partial charge in [-0.3, -0.25) is 24.6 Å². The maximum atomic E-state index is 11.7. The molecule has 6 nitrogen and oxygen atoms in total. The fourth-order valence-electron chi connectivity index (χ4n) is 1.68. The molecule has 0 atom stereocenters. The van der Waals surface area contributed by atoms with Gasteiger partial charge in [0, 0.05) is 18.7 Å². The number of carbonyl (C=O) groups excluding carboxylic acids is 2. The Hall–Kier alpha value is -2.24. The number of rotatable bonds is 2. The molecule has 1 aliphatic heterocycles. The molecule has 0 aromatic heterocycles. The number of amides is 2. The van der Waals surface area contributed by atoms with Gasteiger partial charge in [0.2, 0.25) is 0 Å². The van der Waals surface area contributed by atoms with Crippen LogP contribution in [-0.4, -0.2) is 28.2 Å². The number of hydrogen-bond donors (Lipinski definition) is 0. The summed E-state index contributed by atoms with van der Waals surface area (Å²) in [6, 6.07) is 3.69. The van der Waals surface area contributed by atoms with Crippen molar-refractivity contribution >= 4 is 17.5 Å². The van der Waals surface area contributed by atoms with Crippen molar-refractivity contribution in [1.29, 1.82) is 0 Å². The fraction of sp³-hybridized carbons (Fsp3) is 0.333. The van der Waals surface area contributed by atoms with Gasteiger partial charge in [0.15, 0.2) is 0 Å². The molecule has 0 radical (unpaired) electrons. The molecule has 1 heterocycles. The Bertz CT molecular complexity index is 511. The first-order valence-corrected chi connectivity index (χ1v) is 5.71. The third kappa shape index (κ3) is 2.09. The average Bonchev–Trinajstić information content (AvgIpc) is 2.63. The molecule has 0 N–H and O–H groups in total. The first kappa shape index (κ1) is 13.8. The van der Waals surface area contributed by atoms with E-state index in [9.17, 15) is 19.7 Å². The summed E-state index contributed by atoms with van der Waals surface area (Å²) in [7, 11) is 0. The Morgan fingerprint density at radius 2 is 1.72 bits per heavy atom. The summed E-state index contributed by atoms with van der Waals surface area (Å²) in [4.78, 5) is 34.4. The van der Waals surface area contributed by atoms with E-state index in [4.69, 9.17) is 0 Å². The molecule has 0 bridgehead atoms. The van der Waals surface area contributed by atoms with E-state index in [1.54, 1.807) is 6.92 Å². The number of hydrogen-bond acceptors (Lipinski definition) is 4. The first-order chi connectivity index (χ1) is 8.56. The minimum Gasteiger partial charge on any atom is -0.275 e. The molecule has 1 aromatic rings. The number of non-ortho nitro benzene ring substituents is 1. The van der Waals surface area contributed by atoms with Gasteiger partial charge < -0.3 is 0 Å². The summed E-state index contributed by atoms with van der Waals surface area (Å²) in [6.07, 6.45) is 0. The molecule has 1 aromatic carbocycles. The van der Waals surface area contributed by atoms with E-state index in [0.717, 1.165) is 11.0 Å². The van der Waals surface area contributed by atoms with Gasteiger partial charge in [0.05, 0.1) is 16.1 Å². The van der Waals surface area contributed by atoms with E-state index in [1.807, 2.05) is 13.8 Å². The number of fused-ring (bicyclic) bond motifs is 1. The molecule has 2 rings (SSSR count). The van der Waals surface area contributed by atoms with Crippen LogP contribution in [0.4, 0.5) is 5.69 Å². The zero-order valence-corrected chi connectivity index (χ0v) is 10.5. The predicted molar refractivity (Wildman–Crippen MR) is 65.5 cm³/mol. The summed E-state index contributed by atoms with van der Waals surface area (Å²) in [5, 5.41) is 10.5. The Morgan fingerprint density at radius 3 is 2.22 bits per heavy atom. The normalized spacial score (nSPS) is 12.9. The van der Waals surface area contributed by atoms with Gasteiger partial charge in [-0.05, 0) is 13.0 Å². The molecule has 18 heavy (non-hydrogen) atoms. The van der Waals surface area contributed by atoms with Crippen LogP contribution in [0.5, 0.6) is 0 Å². The second kappa shape index (κ2) is 5.39. The SMILES string of the molecule is CC.CCN1C(=O)c2ccc([N+](=O)[O-])cc2C1=O. The minimum absolute atomic E-state index is 0.112. The lowest BCUT2D eigenvalue weighted by Crippen LogP contribution is -2.29. The van der Waals surface area contributed by atoms with Crippen LogP contribution in [0.3, 0.4) is 0 Å². The molecule has 96 valence electrons. The summed E-state index contributed by atoms with van der Waals surface area (Å²) < 4.78 is 0. The largest absolute Gasteiger partial charge is 0.275 e. The summed E-state index contributed by atoms with van der Waals surface area (Å²) in [5.41, 5.74) is 0.163. The van der Waals surface area contributed by atoms with Crippen molar-refractivity contribution < 1.29 is 14.5 Å². The van der Waals surface area contributed by atoms with Gasteiger partial charge >= 0.3 is 0 Å². The highest BCUT2D eigenvalue weighted by molar-refractivity contribution is 6.21. The summed E-state index contributed by atoms with van der Waals surface area (Å²) >= 11 is 0. The molecular weight excluding hydrogens is 236 g/mol. The van der Waals surface area contributed by atoms with E-state index in [-0.39, 0.29) is 23.4 Å². The van der Waals surface area contributed by atoms with Gasteiger partial charge in [0.25, 0.3) is 17.5 Å². The van der Waals surface area contributed by atoms with Crippen molar-refractivity contribution in [3.8, 4) is 0 Å². The zero-order chi connectivity index (χ0) is 13.9. The topological polar surface area (TPSA) is 80.5 Å². The van der Waals surface area contributed by atoms with Crippen LogP contribution in [-0.2, 0) is 0 Å². The summed E-state index contributed by atoms with van der Waals surface area (Å²) in [6.45, 7) is 5.94. The van der Waals surface area contributed by atoms with E-state index < -0.39 is 16.7 Å². The van der Waals surface area contributed by atoms with Crippen LogP contribution < -0.4 is 0 Å². The number of imide groups is 1. The van der Waals surface area contributed by atoms with Crippen molar-refractivity contribution in [2.45, 2.75) is 20.8 Å². The monoisotopic (exact) mass is 250 g/mol. The quantitative estimate of drug-likeness (QED) is 0.458. The highest BCUT2D eigenvalue weighted by Gasteiger charge is 2.35. The van der Waals surface area contributed by atoms with E-state index in [0.29, 0.717) is 0 Å². The molecular formula is C12H14N2O4. The molecule has 0 spiro atoms. The number of nitrogens with zero attached hydrogens (tertiary/aromatic N) is 2. The number of carbonyl (C=O) groups is 2. The van der Waals surface area contributed by atoms with Crippen molar-refractivity contribution in [3.63, 3.8) is 0 Å². The second-order valence-corrected chi connectivity index (χ2v) is 3.34. The molecule has 0 fully saturated rings. The Labute approximate surface area is 104 Å². The molecule has 2 amide bonds. The molecule has 6 heteroatoms. The maximum Gasteiger partial charge on any atom is 0.270 e. The second-order valence-electron chi connectivity index (χ2n) is 3.34. The van der Waals surface area contributed by atoms with Crippen molar-refractivity contribution in [2.24, 2.45) is 0 Å². The lowest BCUT2D eigenvalue weighted by atomic mass is 10.1. The zero-order valence-electron chi connectivity index (χ0n) is 10.5. The van der Waals surface area contributed by atoms with Crippen LogP contribution in [0.25, 0.3) is 0 Å². The van der Waals surface area contributed by atoms with Gasteiger partial charge in [-0.15, -0.1) is 0 Å². The molecule has 0 aliphatic carbocycles. The Morgan fingerprint density at radius 1 is 1.17 bits per heavy atom. The van der Waals surface area contributed by atoms with Gasteiger partial charge in [0.1, 0.15) is 0 Å². The number of benzene rings is 1. The van der Waals surface area contributed by atoms with Crippen LogP contribution in [0, 0.1) is 10.1 Å². The third-order valence-electron chi connectivity index (χ3n) is 2.48. The maximum absolute atomic E-state index is 11.7. The molecule has 0 saturated carbocycles. The standard InChI is InChI=1S/C10H8N2O4.C2H6/c1-2-11-9(13)7-4-3-6(12(15)16)5-8(7)10(11)14;1-2/h3-5H,2H2,1H3;1-2H3. The molecule has 0 saturated heterocycles. The van der Waals surface area contributed by atoms with Gasteiger partial charge in [-0.1, -0.05) is 13.8 Å². The van der Waals surface area contributed by atoms with Crippen molar-refractivity contribution in [2.75, 3.05) is 6.54 Å². The highest BCUT2D eigenvalue weighted by Crippen LogP contribution is 2.26. The Kier molecular flexibility index (Phi) is 4.14. The average molecular weight is 250 g/mol. The van der Waals surface area contributed by atoms with E-state index in [1.165, 1.54) is 12.1 Å². The predicted octanol–water partition coefficient (Wildman–Crippen LogP) is 2.24. The first-order valence-electron chi connectivity index (χ1n) is 5.71. The minimum atomic E-state index is -0.591. The van der Waals surface area contributed by atoms with Crippen LogP contribution in [0.15, 0.2) is 18.2 Å². The fourth-order valence-corrected chi connectivity index (χ4v) is 1.68. The highest BCUT2D eigenvalue weighted by atomic mass is 16.6. The lowest BCUT2D eigenvalue weighted by molar-refractivity contribution is -0.384. The Balaban J connectivity index is 0.000000771. The van der Waals surface area contributed by atoms with Crippen LogP contribution >= 0.6 is 0 Å². The van der Waals surface area contributed by atoms with E-state index in [2.05, 4.69) is 0 Å². The summed E-state index contributed by atoms with van der Waals surface area (Å²) in [5.74, 6) is -0.858. The van der Waals surface area contributed by atoms with E-state index >= 15 is 0 Å². The molecule has 0 unspecified atom stereocenters. The number of nitro benzene ring substituents is 1. The third-order valence-corrected chi connectivity index (χ3v) is 2.48. The van der Waals surface area contributed by atoms with Crippen molar-refractivity contribution in [3.05, 3.63) is 39.4 Å². The van der Waals surface area contributed by atoms with Gasteiger partial charge in [-0.25, -0.2) is 0 Å². The van der Waals surface area contributed by atoms with Crippen LogP contribution in [0.1, 0.15) is 41.5 Å². The number of nitro groups is 1. The molecule has 1 aliphatic rings.